The summed E-state index contributed by atoms with van der Waals surface area (Å²) < 4.78 is 10.6. The molecular weight excluding hydrogens is 368 g/mol. The van der Waals surface area contributed by atoms with Crippen molar-refractivity contribution >= 4 is 5.96 Å². The van der Waals surface area contributed by atoms with Crippen molar-refractivity contribution in [3.8, 4) is 17.3 Å². The monoisotopic (exact) mass is 394 g/mol. The van der Waals surface area contributed by atoms with E-state index in [0.29, 0.717) is 30.4 Å². The zero-order valence-corrected chi connectivity index (χ0v) is 17.0. The van der Waals surface area contributed by atoms with Gasteiger partial charge in [-0.1, -0.05) is 23.4 Å². The number of pyridine rings is 1. The summed E-state index contributed by atoms with van der Waals surface area (Å²) in [4.78, 5) is 12.8. The van der Waals surface area contributed by atoms with Crippen LogP contribution in [0.4, 0.5) is 0 Å². The van der Waals surface area contributed by atoms with Crippen molar-refractivity contribution in [1.29, 1.82) is 0 Å². The van der Waals surface area contributed by atoms with E-state index in [1.165, 1.54) is 5.56 Å². The summed E-state index contributed by atoms with van der Waals surface area (Å²) in [6, 6.07) is 11.8. The largest absolute Gasteiger partial charge is 0.496 e. The van der Waals surface area contributed by atoms with Gasteiger partial charge in [0.15, 0.2) is 11.8 Å². The second-order valence-electron chi connectivity index (χ2n) is 6.46. The molecule has 0 aliphatic rings. The molecule has 0 aliphatic carbocycles. The number of hydrogen-bond donors (Lipinski definition) is 2. The van der Waals surface area contributed by atoms with E-state index in [1.54, 1.807) is 20.4 Å². The molecular formula is C21H26N6O2. The Morgan fingerprint density at radius 3 is 2.69 bits per heavy atom. The second-order valence-corrected chi connectivity index (χ2v) is 6.46. The van der Waals surface area contributed by atoms with Crippen molar-refractivity contribution in [2.24, 2.45) is 4.99 Å². The van der Waals surface area contributed by atoms with E-state index in [2.05, 4.69) is 48.9 Å². The number of benzene rings is 1. The molecule has 0 saturated heterocycles. The zero-order chi connectivity index (χ0) is 20.5. The van der Waals surface area contributed by atoms with E-state index < -0.39 is 0 Å². The van der Waals surface area contributed by atoms with E-state index in [9.17, 15) is 0 Å². The molecule has 0 bridgehead atoms. The van der Waals surface area contributed by atoms with E-state index in [-0.39, 0.29) is 0 Å². The fraction of sp³-hybridized carbons (Fsp3) is 0.333. The molecule has 29 heavy (non-hydrogen) atoms. The summed E-state index contributed by atoms with van der Waals surface area (Å²) >= 11 is 0. The van der Waals surface area contributed by atoms with Crippen LogP contribution in [0.1, 0.15) is 17.0 Å². The van der Waals surface area contributed by atoms with Crippen LogP contribution in [-0.2, 0) is 12.8 Å². The summed E-state index contributed by atoms with van der Waals surface area (Å²) in [5.74, 6) is 2.70. The maximum absolute atomic E-state index is 5.38. The van der Waals surface area contributed by atoms with E-state index in [1.807, 2.05) is 25.1 Å². The highest BCUT2D eigenvalue weighted by Crippen LogP contribution is 2.19. The highest BCUT2D eigenvalue weighted by Gasteiger charge is 2.09. The van der Waals surface area contributed by atoms with Gasteiger partial charge in [-0.05, 0) is 42.7 Å². The summed E-state index contributed by atoms with van der Waals surface area (Å²) in [6.45, 7) is 3.44. The van der Waals surface area contributed by atoms with Crippen LogP contribution in [0.5, 0.6) is 5.75 Å². The normalized spacial score (nSPS) is 11.3. The van der Waals surface area contributed by atoms with Crippen LogP contribution in [-0.4, -0.2) is 48.3 Å². The smallest absolute Gasteiger partial charge is 0.276 e. The van der Waals surface area contributed by atoms with Gasteiger partial charge in [0.25, 0.3) is 5.89 Å². The summed E-state index contributed by atoms with van der Waals surface area (Å²) in [7, 11) is 3.44. The van der Waals surface area contributed by atoms with Crippen LogP contribution in [0.2, 0.25) is 0 Å². The average molecular weight is 394 g/mol. The molecule has 2 aromatic heterocycles. The Bertz CT molecular complexity index is 939. The molecule has 2 N–H and O–H groups in total. The van der Waals surface area contributed by atoms with Gasteiger partial charge in [-0.25, -0.2) is 0 Å². The Morgan fingerprint density at radius 1 is 1.14 bits per heavy atom. The Kier molecular flexibility index (Phi) is 7.16. The van der Waals surface area contributed by atoms with Crippen molar-refractivity contribution in [2.45, 2.75) is 19.8 Å². The van der Waals surface area contributed by atoms with Crippen molar-refractivity contribution in [2.75, 3.05) is 27.2 Å². The fourth-order valence-electron chi connectivity index (χ4n) is 2.81. The highest BCUT2D eigenvalue weighted by atomic mass is 16.5. The zero-order valence-electron chi connectivity index (χ0n) is 17.0. The number of nitrogens with zero attached hydrogens (tertiary/aromatic N) is 4. The summed E-state index contributed by atoms with van der Waals surface area (Å²) in [5.41, 5.74) is 3.02. The van der Waals surface area contributed by atoms with Gasteiger partial charge >= 0.3 is 0 Å². The molecule has 0 unspecified atom stereocenters. The molecule has 0 spiro atoms. The molecule has 0 fully saturated rings. The SMILES string of the molecule is CN=C(NCCc1ccc(C)c(OC)c1)NCCc1noc(-c2ccccn2)n1. The molecule has 0 saturated carbocycles. The number of guanidine groups is 1. The topological polar surface area (TPSA) is 97.5 Å². The lowest BCUT2D eigenvalue weighted by Gasteiger charge is -2.12. The Hall–Kier alpha value is -3.42. The molecule has 2 heterocycles. The van der Waals surface area contributed by atoms with Crippen LogP contribution in [0.15, 0.2) is 52.1 Å². The lowest BCUT2D eigenvalue weighted by Crippen LogP contribution is -2.39. The number of methoxy groups -OCH3 is 1. The van der Waals surface area contributed by atoms with Gasteiger partial charge in [0.1, 0.15) is 11.4 Å². The van der Waals surface area contributed by atoms with Crippen molar-refractivity contribution in [1.82, 2.24) is 25.8 Å². The van der Waals surface area contributed by atoms with E-state index in [4.69, 9.17) is 9.26 Å². The molecule has 8 heteroatoms. The maximum Gasteiger partial charge on any atom is 0.276 e. The third-order valence-electron chi connectivity index (χ3n) is 4.40. The average Bonchev–Trinajstić information content (AvgIpc) is 3.23. The van der Waals surface area contributed by atoms with Gasteiger partial charge < -0.3 is 19.9 Å². The van der Waals surface area contributed by atoms with Crippen LogP contribution < -0.4 is 15.4 Å². The first kappa shape index (κ1) is 20.3. The molecule has 0 radical (unpaired) electrons. The first-order chi connectivity index (χ1) is 14.2. The minimum atomic E-state index is 0.427. The van der Waals surface area contributed by atoms with Gasteiger partial charge in [0, 0.05) is 32.8 Å². The lowest BCUT2D eigenvalue weighted by molar-refractivity contribution is 0.411. The molecule has 152 valence electrons. The van der Waals surface area contributed by atoms with Crippen molar-refractivity contribution in [3.63, 3.8) is 0 Å². The van der Waals surface area contributed by atoms with Crippen molar-refractivity contribution in [3.05, 3.63) is 59.5 Å². The van der Waals surface area contributed by atoms with E-state index in [0.717, 1.165) is 30.2 Å². The molecule has 3 aromatic rings. The van der Waals surface area contributed by atoms with Crippen LogP contribution in [0, 0.1) is 6.92 Å². The number of aromatic nitrogens is 3. The molecule has 0 aliphatic heterocycles. The highest BCUT2D eigenvalue weighted by molar-refractivity contribution is 5.79. The molecule has 0 atom stereocenters. The maximum atomic E-state index is 5.38. The minimum Gasteiger partial charge on any atom is -0.496 e. The predicted molar refractivity (Wildman–Crippen MR) is 112 cm³/mol. The first-order valence-electron chi connectivity index (χ1n) is 9.51. The summed E-state index contributed by atoms with van der Waals surface area (Å²) in [5, 5.41) is 10.6. The fourth-order valence-corrected chi connectivity index (χ4v) is 2.81. The molecule has 3 rings (SSSR count). The first-order valence-corrected chi connectivity index (χ1v) is 9.51. The van der Waals surface area contributed by atoms with Crippen LogP contribution in [0.25, 0.3) is 11.6 Å². The van der Waals surface area contributed by atoms with Crippen LogP contribution >= 0.6 is 0 Å². The molecule has 0 amide bonds. The number of nitrogens with one attached hydrogen (secondary N) is 2. The number of aryl methyl sites for hydroxylation is 1. The van der Waals surface area contributed by atoms with Gasteiger partial charge in [-0.2, -0.15) is 4.98 Å². The third-order valence-corrected chi connectivity index (χ3v) is 4.40. The predicted octanol–water partition coefficient (Wildman–Crippen LogP) is 2.40. The quantitative estimate of drug-likeness (QED) is 0.447. The molecule has 1 aromatic carbocycles. The van der Waals surface area contributed by atoms with Gasteiger partial charge in [-0.3, -0.25) is 9.98 Å². The van der Waals surface area contributed by atoms with Gasteiger partial charge in [0.2, 0.25) is 0 Å². The van der Waals surface area contributed by atoms with Crippen molar-refractivity contribution < 1.29 is 9.26 Å². The summed E-state index contributed by atoms with van der Waals surface area (Å²) in [6.07, 6.45) is 3.19. The Labute approximate surface area is 170 Å². The van der Waals surface area contributed by atoms with Crippen LogP contribution in [0.3, 0.4) is 0 Å². The standard InChI is InChI=1S/C21H26N6O2/c1-15-7-8-16(14-18(15)28-3)9-12-24-21(22-2)25-13-10-19-26-20(29-27-19)17-6-4-5-11-23-17/h4-8,11,14H,9-10,12-13H2,1-3H3,(H2,22,24,25). The van der Waals surface area contributed by atoms with Gasteiger partial charge in [-0.15, -0.1) is 0 Å². The Balaban J connectivity index is 1.42. The third kappa shape index (κ3) is 5.78. The minimum absolute atomic E-state index is 0.427. The molecule has 8 nitrogen and oxygen atoms in total. The lowest BCUT2D eigenvalue weighted by atomic mass is 10.1. The number of rotatable bonds is 8. The number of ether oxygens (including phenoxy) is 1. The van der Waals surface area contributed by atoms with Gasteiger partial charge in [0.05, 0.1) is 7.11 Å². The number of aliphatic imine (C=N–C) groups is 1. The Morgan fingerprint density at radius 2 is 1.97 bits per heavy atom. The van der Waals surface area contributed by atoms with E-state index >= 15 is 0 Å². The number of hydrogen-bond acceptors (Lipinski definition) is 6. The second kappa shape index (κ2) is 10.2.